The molecule has 0 saturated heterocycles. The van der Waals surface area contributed by atoms with Crippen LogP contribution in [0.3, 0.4) is 0 Å². The molecule has 1 heterocycles. The summed E-state index contributed by atoms with van der Waals surface area (Å²) in [6.07, 6.45) is 0. The fourth-order valence-electron chi connectivity index (χ4n) is 1.17. The van der Waals surface area contributed by atoms with E-state index in [1.54, 1.807) is 11.3 Å². The Labute approximate surface area is 100 Å². The van der Waals surface area contributed by atoms with Crippen LogP contribution in [0.2, 0.25) is 0 Å². The summed E-state index contributed by atoms with van der Waals surface area (Å²) < 4.78 is 0. The first kappa shape index (κ1) is 13.1. The Balaban J connectivity index is 2.16. The first-order valence-electron chi connectivity index (χ1n) is 5.46. The maximum atomic E-state index is 11.4. The summed E-state index contributed by atoms with van der Waals surface area (Å²) in [5.41, 5.74) is 2.87. The van der Waals surface area contributed by atoms with Crippen molar-refractivity contribution in [1.29, 1.82) is 0 Å². The molecule has 0 aromatic carbocycles. The van der Waals surface area contributed by atoms with Crippen LogP contribution >= 0.6 is 11.3 Å². The van der Waals surface area contributed by atoms with Gasteiger partial charge in [0, 0.05) is 18.0 Å². The highest BCUT2D eigenvalue weighted by Crippen LogP contribution is 2.10. The van der Waals surface area contributed by atoms with Gasteiger partial charge in [0.2, 0.25) is 5.91 Å². The second-order valence-corrected chi connectivity index (χ2v) is 5.10. The van der Waals surface area contributed by atoms with Gasteiger partial charge in [-0.15, -0.1) is 11.3 Å². The predicted molar refractivity (Wildman–Crippen MR) is 66.4 cm³/mol. The number of aromatic nitrogens is 1. The normalized spacial score (nSPS) is 10.8. The van der Waals surface area contributed by atoms with E-state index in [9.17, 15) is 4.79 Å². The van der Waals surface area contributed by atoms with Crippen LogP contribution in [0.15, 0.2) is 5.51 Å². The van der Waals surface area contributed by atoms with Crippen molar-refractivity contribution in [1.82, 2.24) is 15.6 Å². The minimum atomic E-state index is 0.0517. The molecular weight excluding hydrogens is 222 g/mol. The van der Waals surface area contributed by atoms with Crippen molar-refractivity contribution in [3.63, 3.8) is 0 Å². The zero-order valence-corrected chi connectivity index (χ0v) is 10.9. The molecule has 0 aliphatic carbocycles. The second kappa shape index (κ2) is 6.60. The lowest BCUT2D eigenvalue weighted by Crippen LogP contribution is -2.35. The molecule has 90 valence electrons. The van der Waals surface area contributed by atoms with Gasteiger partial charge in [-0.05, 0) is 12.8 Å². The van der Waals surface area contributed by atoms with Crippen LogP contribution in [0.1, 0.15) is 24.4 Å². The van der Waals surface area contributed by atoms with Gasteiger partial charge in [-0.2, -0.15) is 0 Å². The quantitative estimate of drug-likeness (QED) is 0.789. The Morgan fingerprint density at radius 3 is 2.88 bits per heavy atom. The predicted octanol–water partition coefficient (Wildman–Crippen LogP) is 1.31. The Morgan fingerprint density at radius 1 is 1.56 bits per heavy atom. The van der Waals surface area contributed by atoms with Gasteiger partial charge in [0.1, 0.15) is 0 Å². The largest absolute Gasteiger partial charge is 0.355 e. The van der Waals surface area contributed by atoms with E-state index in [2.05, 4.69) is 29.5 Å². The number of carbonyl (C=O) groups is 1. The molecule has 0 saturated carbocycles. The second-order valence-electron chi connectivity index (χ2n) is 4.16. The fourth-order valence-corrected chi connectivity index (χ4v) is 1.91. The number of aryl methyl sites for hydroxylation is 1. The minimum Gasteiger partial charge on any atom is -0.355 e. The van der Waals surface area contributed by atoms with Gasteiger partial charge < -0.3 is 10.6 Å². The third-order valence-corrected chi connectivity index (χ3v) is 3.06. The van der Waals surface area contributed by atoms with E-state index < -0.39 is 0 Å². The van der Waals surface area contributed by atoms with Crippen LogP contribution in [0.4, 0.5) is 0 Å². The topological polar surface area (TPSA) is 54.0 Å². The average molecular weight is 241 g/mol. The van der Waals surface area contributed by atoms with Gasteiger partial charge >= 0.3 is 0 Å². The van der Waals surface area contributed by atoms with Gasteiger partial charge in [0.05, 0.1) is 17.7 Å². The molecule has 0 fully saturated rings. The van der Waals surface area contributed by atoms with Crippen molar-refractivity contribution < 1.29 is 4.79 Å². The Kier molecular flexibility index (Phi) is 5.42. The molecule has 2 N–H and O–H groups in total. The molecule has 0 aliphatic rings. The van der Waals surface area contributed by atoms with E-state index in [0.717, 1.165) is 12.2 Å². The molecule has 5 heteroatoms. The summed E-state index contributed by atoms with van der Waals surface area (Å²) in [5.74, 6) is 0.545. The van der Waals surface area contributed by atoms with Crippen LogP contribution in [-0.4, -0.2) is 24.0 Å². The van der Waals surface area contributed by atoms with Crippen molar-refractivity contribution in [3.8, 4) is 0 Å². The molecule has 0 aliphatic heterocycles. The standard InChI is InChI=1S/C11H19N3OS/c1-8(2)4-13-11(15)6-12-5-10-9(3)14-7-16-10/h7-8,12H,4-6H2,1-3H3,(H,13,15). The van der Waals surface area contributed by atoms with Crippen molar-refractivity contribution in [2.75, 3.05) is 13.1 Å². The maximum Gasteiger partial charge on any atom is 0.233 e. The van der Waals surface area contributed by atoms with Gasteiger partial charge in [-0.25, -0.2) is 4.98 Å². The highest BCUT2D eigenvalue weighted by atomic mass is 32.1. The number of rotatable bonds is 6. The van der Waals surface area contributed by atoms with Gasteiger partial charge in [0.15, 0.2) is 0 Å². The molecule has 1 amide bonds. The monoisotopic (exact) mass is 241 g/mol. The Hall–Kier alpha value is -0.940. The number of hydrogen-bond donors (Lipinski definition) is 2. The molecule has 1 aromatic rings. The molecule has 0 atom stereocenters. The third kappa shape index (κ3) is 4.72. The van der Waals surface area contributed by atoms with E-state index in [1.807, 2.05) is 12.4 Å². The number of amides is 1. The molecule has 0 bridgehead atoms. The van der Waals surface area contributed by atoms with Gasteiger partial charge in [-0.1, -0.05) is 13.8 Å². The molecule has 4 nitrogen and oxygen atoms in total. The maximum absolute atomic E-state index is 11.4. The molecule has 16 heavy (non-hydrogen) atoms. The van der Waals surface area contributed by atoms with E-state index in [0.29, 0.717) is 19.0 Å². The fraction of sp³-hybridized carbons (Fsp3) is 0.636. The molecule has 1 rings (SSSR count). The summed E-state index contributed by atoms with van der Waals surface area (Å²) in [5, 5.41) is 5.97. The van der Waals surface area contributed by atoms with Crippen molar-refractivity contribution in [3.05, 3.63) is 16.1 Å². The zero-order valence-electron chi connectivity index (χ0n) is 10.0. The van der Waals surface area contributed by atoms with Crippen LogP contribution in [0, 0.1) is 12.8 Å². The van der Waals surface area contributed by atoms with E-state index in [-0.39, 0.29) is 5.91 Å². The zero-order chi connectivity index (χ0) is 12.0. The lowest BCUT2D eigenvalue weighted by molar-refractivity contribution is -0.120. The van der Waals surface area contributed by atoms with Crippen molar-refractivity contribution in [2.45, 2.75) is 27.3 Å². The number of carbonyl (C=O) groups excluding carboxylic acids is 1. The summed E-state index contributed by atoms with van der Waals surface area (Å²) in [6.45, 7) is 7.95. The van der Waals surface area contributed by atoms with Crippen molar-refractivity contribution >= 4 is 17.2 Å². The third-order valence-electron chi connectivity index (χ3n) is 2.12. The minimum absolute atomic E-state index is 0.0517. The Morgan fingerprint density at radius 2 is 2.31 bits per heavy atom. The van der Waals surface area contributed by atoms with E-state index >= 15 is 0 Å². The highest BCUT2D eigenvalue weighted by Gasteiger charge is 2.04. The molecule has 0 radical (unpaired) electrons. The lowest BCUT2D eigenvalue weighted by Gasteiger charge is -2.08. The van der Waals surface area contributed by atoms with Crippen LogP contribution in [0.5, 0.6) is 0 Å². The van der Waals surface area contributed by atoms with Gasteiger partial charge in [0.25, 0.3) is 0 Å². The van der Waals surface area contributed by atoms with Crippen LogP contribution in [-0.2, 0) is 11.3 Å². The highest BCUT2D eigenvalue weighted by molar-refractivity contribution is 7.09. The van der Waals surface area contributed by atoms with Gasteiger partial charge in [-0.3, -0.25) is 4.79 Å². The average Bonchev–Trinajstić information content (AvgIpc) is 2.61. The summed E-state index contributed by atoms with van der Waals surface area (Å²) in [4.78, 5) is 16.7. The first-order valence-corrected chi connectivity index (χ1v) is 6.34. The molecule has 1 aromatic heterocycles. The number of thiazole rings is 1. The summed E-state index contributed by atoms with van der Waals surface area (Å²) >= 11 is 1.61. The van der Waals surface area contributed by atoms with Crippen LogP contribution in [0.25, 0.3) is 0 Å². The number of nitrogens with zero attached hydrogens (tertiary/aromatic N) is 1. The lowest BCUT2D eigenvalue weighted by atomic mass is 10.2. The van der Waals surface area contributed by atoms with E-state index in [4.69, 9.17) is 0 Å². The van der Waals surface area contributed by atoms with E-state index in [1.165, 1.54) is 4.88 Å². The smallest absolute Gasteiger partial charge is 0.233 e. The molecular formula is C11H19N3OS. The Bertz CT molecular complexity index is 336. The van der Waals surface area contributed by atoms with Crippen LogP contribution < -0.4 is 10.6 Å². The number of hydrogen-bond acceptors (Lipinski definition) is 4. The molecule has 0 unspecified atom stereocenters. The summed E-state index contributed by atoms with van der Waals surface area (Å²) in [6, 6.07) is 0. The van der Waals surface area contributed by atoms with Crippen molar-refractivity contribution in [2.24, 2.45) is 5.92 Å². The first-order chi connectivity index (χ1) is 7.59. The summed E-state index contributed by atoms with van der Waals surface area (Å²) in [7, 11) is 0. The number of nitrogens with one attached hydrogen (secondary N) is 2. The SMILES string of the molecule is Cc1ncsc1CNCC(=O)NCC(C)C. The molecule has 0 spiro atoms.